The van der Waals surface area contributed by atoms with Gasteiger partial charge >= 0.3 is 0 Å². The number of guanidine groups is 1. The summed E-state index contributed by atoms with van der Waals surface area (Å²) in [6.07, 6.45) is 1.86. The third kappa shape index (κ3) is 4.99. The van der Waals surface area contributed by atoms with Crippen molar-refractivity contribution in [1.82, 2.24) is 20.4 Å². The number of nitrogens with one attached hydrogen (secondary N) is 2. The molecular formula is C18H26ClN5. The Labute approximate surface area is 149 Å². The first kappa shape index (κ1) is 18.3. The van der Waals surface area contributed by atoms with Gasteiger partial charge in [-0.05, 0) is 49.9 Å². The van der Waals surface area contributed by atoms with Gasteiger partial charge in [-0.1, -0.05) is 23.7 Å². The van der Waals surface area contributed by atoms with E-state index in [1.807, 2.05) is 36.0 Å². The molecule has 0 atom stereocenters. The molecule has 0 aliphatic heterocycles. The van der Waals surface area contributed by atoms with E-state index in [-0.39, 0.29) is 0 Å². The Morgan fingerprint density at radius 2 is 1.75 bits per heavy atom. The van der Waals surface area contributed by atoms with Gasteiger partial charge in [0.2, 0.25) is 0 Å². The maximum absolute atomic E-state index is 5.90. The third-order valence-electron chi connectivity index (χ3n) is 4.17. The van der Waals surface area contributed by atoms with E-state index in [1.165, 1.54) is 16.8 Å². The van der Waals surface area contributed by atoms with E-state index in [4.69, 9.17) is 11.6 Å². The van der Waals surface area contributed by atoms with Gasteiger partial charge in [0.1, 0.15) is 0 Å². The van der Waals surface area contributed by atoms with Crippen LogP contribution in [0.1, 0.15) is 22.5 Å². The fraction of sp³-hybridized carbons (Fsp3) is 0.444. The summed E-state index contributed by atoms with van der Waals surface area (Å²) < 4.78 is 1.93. The molecule has 0 radical (unpaired) electrons. The SMILES string of the molecule is CN=C(NCCc1ccc(Cl)cc1)NCCc1c(C)nn(C)c1C. The van der Waals surface area contributed by atoms with Crippen LogP contribution in [0.15, 0.2) is 29.3 Å². The van der Waals surface area contributed by atoms with E-state index in [9.17, 15) is 0 Å². The summed E-state index contributed by atoms with van der Waals surface area (Å²) in [5.41, 5.74) is 4.88. The summed E-state index contributed by atoms with van der Waals surface area (Å²) in [7, 11) is 3.77. The summed E-state index contributed by atoms with van der Waals surface area (Å²) >= 11 is 5.90. The number of hydrogen-bond acceptors (Lipinski definition) is 2. The molecule has 1 heterocycles. The molecule has 1 aromatic heterocycles. The van der Waals surface area contributed by atoms with Crippen molar-refractivity contribution in [3.05, 3.63) is 51.8 Å². The van der Waals surface area contributed by atoms with Gasteiger partial charge in [0.25, 0.3) is 0 Å². The molecule has 0 aliphatic carbocycles. The minimum Gasteiger partial charge on any atom is -0.356 e. The predicted molar refractivity (Wildman–Crippen MR) is 101 cm³/mol. The molecule has 5 nitrogen and oxygen atoms in total. The smallest absolute Gasteiger partial charge is 0.190 e. The highest BCUT2D eigenvalue weighted by Gasteiger charge is 2.08. The topological polar surface area (TPSA) is 54.2 Å². The summed E-state index contributed by atoms with van der Waals surface area (Å²) in [6.45, 7) is 5.82. The lowest BCUT2D eigenvalue weighted by atomic mass is 10.1. The molecular weight excluding hydrogens is 322 g/mol. The van der Waals surface area contributed by atoms with Crippen LogP contribution >= 0.6 is 11.6 Å². The average Bonchev–Trinajstić information content (AvgIpc) is 2.81. The van der Waals surface area contributed by atoms with Gasteiger partial charge < -0.3 is 10.6 Å². The Bertz CT molecular complexity index is 688. The van der Waals surface area contributed by atoms with Gasteiger partial charge in [0, 0.05) is 37.9 Å². The van der Waals surface area contributed by atoms with E-state index in [0.29, 0.717) is 0 Å². The lowest BCUT2D eigenvalue weighted by Gasteiger charge is -2.12. The lowest BCUT2D eigenvalue weighted by Crippen LogP contribution is -2.39. The molecule has 24 heavy (non-hydrogen) atoms. The highest BCUT2D eigenvalue weighted by Crippen LogP contribution is 2.12. The molecule has 0 saturated carbocycles. The van der Waals surface area contributed by atoms with Crippen molar-refractivity contribution in [2.45, 2.75) is 26.7 Å². The minimum atomic E-state index is 0.769. The summed E-state index contributed by atoms with van der Waals surface area (Å²) in [5.74, 6) is 0.822. The Balaban J connectivity index is 1.75. The molecule has 0 aliphatic rings. The fourth-order valence-electron chi connectivity index (χ4n) is 2.68. The first-order valence-corrected chi connectivity index (χ1v) is 8.57. The molecule has 2 N–H and O–H groups in total. The summed E-state index contributed by atoms with van der Waals surface area (Å²) in [4.78, 5) is 4.27. The number of halogens is 1. The maximum atomic E-state index is 5.90. The number of aromatic nitrogens is 2. The zero-order valence-corrected chi connectivity index (χ0v) is 15.6. The predicted octanol–water partition coefficient (Wildman–Crippen LogP) is 2.64. The molecule has 130 valence electrons. The zero-order chi connectivity index (χ0) is 17.5. The Morgan fingerprint density at radius 1 is 1.12 bits per heavy atom. The van der Waals surface area contributed by atoms with Crippen molar-refractivity contribution in [1.29, 1.82) is 0 Å². The van der Waals surface area contributed by atoms with Crippen LogP contribution in [0.5, 0.6) is 0 Å². The first-order valence-electron chi connectivity index (χ1n) is 8.19. The van der Waals surface area contributed by atoms with E-state index in [2.05, 4.69) is 34.6 Å². The van der Waals surface area contributed by atoms with Crippen molar-refractivity contribution in [3.63, 3.8) is 0 Å². The highest BCUT2D eigenvalue weighted by molar-refractivity contribution is 6.30. The van der Waals surface area contributed by atoms with Crippen LogP contribution in [-0.2, 0) is 19.9 Å². The molecule has 0 unspecified atom stereocenters. The average molecular weight is 348 g/mol. The number of hydrogen-bond donors (Lipinski definition) is 2. The van der Waals surface area contributed by atoms with E-state index in [0.717, 1.165) is 42.6 Å². The monoisotopic (exact) mass is 347 g/mol. The van der Waals surface area contributed by atoms with Crippen molar-refractivity contribution in [3.8, 4) is 0 Å². The molecule has 0 amide bonds. The highest BCUT2D eigenvalue weighted by atomic mass is 35.5. The number of benzene rings is 1. The summed E-state index contributed by atoms with van der Waals surface area (Å²) in [5, 5.41) is 11.9. The van der Waals surface area contributed by atoms with Crippen LogP contribution in [0.4, 0.5) is 0 Å². The van der Waals surface area contributed by atoms with Crippen LogP contribution in [0.25, 0.3) is 0 Å². The van der Waals surface area contributed by atoms with Gasteiger partial charge in [-0.25, -0.2) is 0 Å². The number of rotatable bonds is 6. The largest absolute Gasteiger partial charge is 0.356 e. The lowest BCUT2D eigenvalue weighted by molar-refractivity contribution is 0.728. The summed E-state index contributed by atoms with van der Waals surface area (Å²) in [6, 6.07) is 7.94. The van der Waals surface area contributed by atoms with Crippen molar-refractivity contribution >= 4 is 17.6 Å². The molecule has 2 aromatic rings. The second-order valence-corrected chi connectivity index (χ2v) is 6.26. The second kappa shape index (κ2) is 8.73. The Morgan fingerprint density at radius 3 is 2.29 bits per heavy atom. The van der Waals surface area contributed by atoms with Gasteiger partial charge in [0.15, 0.2) is 5.96 Å². The van der Waals surface area contributed by atoms with Gasteiger partial charge in [0.05, 0.1) is 5.69 Å². The zero-order valence-electron chi connectivity index (χ0n) is 14.9. The Hall–Kier alpha value is -2.01. The first-order chi connectivity index (χ1) is 11.5. The second-order valence-electron chi connectivity index (χ2n) is 5.83. The van der Waals surface area contributed by atoms with Crippen LogP contribution in [0, 0.1) is 13.8 Å². The van der Waals surface area contributed by atoms with Crippen LogP contribution in [0.2, 0.25) is 5.02 Å². The van der Waals surface area contributed by atoms with Gasteiger partial charge in [-0.15, -0.1) is 0 Å². The van der Waals surface area contributed by atoms with Crippen LogP contribution < -0.4 is 10.6 Å². The standard InChI is InChI=1S/C18H26ClN5/c1-13-17(14(2)24(4)23-13)10-12-22-18(20-3)21-11-9-15-5-7-16(19)8-6-15/h5-8H,9-12H2,1-4H3,(H2,20,21,22). The minimum absolute atomic E-state index is 0.769. The van der Waals surface area contributed by atoms with Crippen LogP contribution in [-0.4, -0.2) is 35.9 Å². The fourth-order valence-corrected chi connectivity index (χ4v) is 2.81. The number of nitrogens with zero attached hydrogens (tertiary/aromatic N) is 3. The van der Waals surface area contributed by atoms with Gasteiger partial charge in [-0.3, -0.25) is 9.67 Å². The van der Waals surface area contributed by atoms with Crippen LogP contribution in [0.3, 0.4) is 0 Å². The van der Waals surface area contributed by atoms with Crippen molar-refractivity contribution in [2.75, 3.05) is 20.1 Å². The molecule has 0 spiro atoms. The molecule has 0 saturated heterocycles. The van der Waals surface area contributed by atoms with Crippen molar-refractivity contribution in [2.24, 2.45) is 12.0 Å². The normalized spacial score (nSPS) is 11.6. The number of aliphatic imine (C=N–C) groups is 1. The van der Waals surface area contributed by atoms with Crippen molar-refractivity contribution < 1.29 is 0 Å². The molecule has 0 fully saturated rings. The molecule has 0 bridgehead atoms. The molecule has 1 aromatic carbocycles. The maximum Gasteiger partial charge on any atom is 0.190 e. The van der Waals surface area contributed by atoms with Gasteiger partial charge in [-0.2, -0.15) is 5.10 Å². The molecule has 6 heteroatoms. The Kier molecular flexibility index (Phi) is 6.67. The van der Waals surface area contributed by atoms with E-state index in [1.54, 1.807) is 7.05 Å². The third-order valence-corrected chi connectivity index (χ3v) is 4.42. The van der Waals surface area contributed by atoms with E-state index < -0.39 is 0 Å². The quantitative estimate of drug-likeness (QED) is 0.624. The number of aryl methyl sites for hydroxylation is 2. The molecule has 2 rings (SSSR count). The van der Waals surface area contributed by atoms with E-state index >= 15 is 0 Å².